The number of hydrogen-bond donors (Lipinski definition) is 1. The summed E-state index contributed by atoms with van der Waals surface area (Å²) in [7, 11) is 1.56. The van der Waals surface area contributed by atoms with Crippen molar-refractivity contribution in [2.45, 2.75) is 19.5 Å². The Morgan fingerprint density at radius 1 is 0.973 bits per heavy atom. The number of likely N-dealkylation sites (tertiary alicyclic amines) is 1. The van der Waals surface area contributed by atoms with Gasteiger partial charge in [0.25, 0.3) is 11.7 Å². The van der Waals surface area contributed by atoms with Crippen molar-refractivity contribution in [3.63, 3.8) is 0 Å². The second kappa shape index (κ2) is 10.3. The van der Waals surface area contributed by atoms with Gasteiger partial charge in [-0.3, -0.25) is 9.59 Å². The number of hydrogen-bond acceptors (Lipinski definition) is 7. The summed E-state index contributed by atoms with van der Waals surface area (Å²) in [4.78, 5) is 28.2. The molecule has 1 saturated heterocycles. The zero-order valence-electron chi connectivity index (χ0n) is 20.6. The number of ketones is 1. The van der Waals surface area contributed by atoms with Crippen LogP contribution in [0.4, 0.5) is 0 Å². The molecule has 8 nitrogen and oxygen atoms in total. The smallest absolute Gasteiger partial charge is 0.295 e. The number of nitrogens with zero attached hydrogens (tertiary/aromatic N) is 1. The van der Waals surface area contributed by atoms with Crippen LogP contribution in [0.2, 0.25) is 0 Å². The van der Waals surface area contributed by atoms with Gasteiger partial charge in [-0.05, 0) is 60.5 Å². The summed E-state index contributed by atoms with van der Waals surface area (Å²) < 4.78 is 22.1. The zero-order chi connectivity index (χ0) is 25.9. The summed E-state index contributed by atoms with van der Waals surface area (Å²) >= 11 is 0. The Hall–Kier alpha value is -4.46. The number of carbonyl (C=O) groups excluding carboxylic acids is 2. The molecule has 3 aromatic rings. The molecule has 2 heterocycles. The largest absolute Gasteiger partial charge is 0.507 e. The summed E-state index contributed by atoms with van der Waals surface area (Å²) in [6.07, 6.45) is 0. The van der Waals surface area contributed by atoms with Gasteiger partial charge in [0.2, 0.25) is 0 Å². The minimum absolute atomic E-state index is 0.00723. The lowest BCUT2D eigenvalue weighted by atomic mass is 9.95. The number of carbonyl (C=O) groups is 2. The molecule has 37 heavy (non-hydrogen) atoms. The number of ether oxygens (including phenoxy) is 4. The number of aliphatic hydroxyl groups is 1. The highest BCUT2D eigenvalue weighted by Crippen LogP contribution is 2.42. The van der Waals surface area contributed by atoms with Gasteiger partial charge in [-0.15, -0.1) is 0 Å². The van der Waals surface area contributed by atoms with E-state index in [0.29, 0.717) is 53.9 Å². The fourth-order valence-electron chi connectivity index (χ4n) is 4.62. The lowest BCUT2D eigenvalue weighted by Gasteiger charge is -2.26. The third-order valence-corrected chi connectivity index (χ3v) is 6.35. The van der Waals surface area contributed by atoms with E-state index in [9.17, 15) is 14.7 Å². The third-order valence-electron chi connectivity index (χ3n) is 6.35. The molecule has 0 radical (unpaired) electrons. The number of rotatable bonds is 7. The first-order valence-corrected chi connectivity index (χ1v) is 12.0. The molecule has 3 aromatic carbocycles. The summed E-state index contributed by atoms with van der Waals surface area (Å²) in [5.74, 6) is 0.616. The Balaban J connectivity index is 1.60. The van der Waals surface area contributed by atoms with Crippen LogP contribution in [-0.2, 0) is 16.1 Å². The second-order valence-electron chi connectivity index (χ2n) is 8.64. The van der Waals surface area contributed by atoms with E-state index < -0.39 is 17.7 Å². The standard InChI is InChI=1S/C29H27NO7/c1-3-35-22-6-4-5-18(15-22)17-30-26(19-7-10-21(34-2)11-8-19)25(28(32)29(30)33)27(31)20-9-12-23-24(16-20)37-14-13-36-23/h4-12,15-16,26,31H,3,13-14,17H2,1-2H3/b27-25-. The quantitative estimate of drug-likeness (QED) is 0.290. The molecular weight excluding hydrogens is 474 g/mol. The molecule has 0 bridgehead atoms. The molecule has 1 N–H and O–H groups in total. The molecule has 1 unspecified atom stereocenters. The van der Waals surface area contributed by atoms with E-state index in [1.807, 2.05) is 31.2 Å². The summed E-state index contributed by atoms with van der Waals surface area (Å²) in [6.45, 7) is 3.38. The van der Waals surface area contributed by atoms with Crippen LogP contribution in [0.1, 0.15) is 29.7 Å². The maximum absolute atomic E-state index is 13.4. The van der Waals surface area contributed by atoms with Crippen molar-refractivity contribution in [1.82, 2.24) is 4.90 Å². The first-order chi connectivity index (χ1) is 18.0. The van der Waals surface area contributed by atoms with E-state index in [0.717, 1.165) is 5.56 Å². The summed E-state index contributed by atoms with van der Waals surface area (Å²) in [5.41, 5.74) is 1.83. The molecule has 1 fully saturated rings. The number of Topliss-reactive ketones (excluding diaryl/α,β-unsaturated/α-hetero) is 1. The zero-order valence-corrected chi connectivity index (χ0v) is 20.6. The van der Waals surface area contributed by atoms with Crippen molar-refractivity contribution in [2.24, 2.45) is 0 Å². The Bertz CT molecular complexity index is 1360. The Labute approximate surface area is 214 Å². The average molecular weight is 502 g/mol. The van der Waals surface area contributed by atoms with Crippen LogP contribution < -0.4 is 18.9 Å². The molecule has 2 aliphatic heterocycles. The van der Waals surface area contributed by atoms with E-state index in [-0.39, 0.29) is 17.9 Å². The predicted molar refractivity (Wildman–Crippen MR) is 136 cm³/mol. The molecule has 190 valence electrons. The van der Waals surface area contributed by atoms with Gasteiger partial charge in [0.15, 0.2) is 11.5 Å². The molecule has 2 aliphatic rings. The maximum atomic E-state index is 13.4. The topological polar surface area (TPSA) is 94.5 Å². The highest BCUT2D eigenvalue weighted by Gasteiger charge is 2.46. The molecule has 1 amide bonds. The van der Waals surface area contributed by atoms with Crippen LogP contribution >= 0.6 is 0 Å². The van der Waals surface area contributed by atoms with Crippen molar-refractivity contribution < 1.29 is 33.6 Å². The van der Waals surface area contributed by atoms with Gasteiger partial charge in [0.1, 0.15) is 30.5 Å². The number of benzene rings is 3. The minimum atomic E-state index is -0.810. The number of fused-ring (bicyclic) bond motifs is 1. The molecule has 0 spiro atoms. The van der Waals surface area contributed by atoms with Gasteiger partial charge in [-0.25, -0.2) is 0 Å². The number of aliphatic hydroxyl groups excluding tert-OH is 1. The lowest BCUT2D eigenvalue weighted by molar-refractivity contribution is -0.140. The molecule has 1 atom stereocenters. The van der Waals surface area contributed by atoms with E-state index >= 15 is 0 Å². The fourth-order valence-corrected chi connectivity index (χ4v) is 4.62. The van der Waals surface area contributed by atoms with Crippen LogP contribution in [0.15, 0.2) is 72.3 Å². The van der Waals surface area contributed by atoms with Gasteiger partial charge in [-0.2, -0.15) is 0 Å². The highest BCUT2D eigenvalue weighted by atomic mass is 16.6. The van der Waals surface area contributed by atoms with Gasteiger partial charge in [-0.1, -0.05) is 24.3 Å². The van der Waals surface area contributed by atoms with Crippen LogP contribution in [0, 0.1) is 0 Å². The first kappa shape index (κ1) is 24.2. The van der Waals surface area contributed by atoms with Gasteiger partial charge in [0.05, 0.1) is 25.3 Å². The Morgan fingerprint density at radius 3 is 2.46 bits per heavy atom. The molecule has 0 aromatic heterocycles. The van der Waals surface area contributed by atoms with Gasteiger partial charge < -0.3 is 29.0 Å². The molecule has 0 saturated carbocycles. The van der Waals surface area contributed by atoms with E-state index in [1.54, 1.807) is 49.6 Å². The normalized spacial score (nSPS) is 18.1. The average Bonchev–Trinajstić information content (AvgIpc) is 3.17. The number of amides is 1. The second-order valence-corrected chi connectivity index (χ2v) is 8.64. The van der Waals surface area contributed by atoms with Crippen LogP contribution in [0.5, 0.6) is 23.0 Å². The third kappa shape index (κ3) is 4.70. The van der Waals surface area contributed by atoms with E-state index in [4.69, 9.17) is 18.9 Å². The minimum Gasteiger partial charge on any atom is -0.507 e. The maximum Gasteiger partial charge on any atom is 0.295 e. The monoisotopic (exact) mass is 501 g/mol. The van der Waals surface area contributed by atoms with E-state index in [1.165, 1.54) is 4.90 Å². The lowest BCUT2D eigenvalue weighted by Crippen LogP contribution is -2.29. The molecule has 8 heteroatoms. The van der Waals surface area contributed by atoms with Crippen molar-refractivity contribution in [2.75, 3.05) is 26.9 Å². The Kier molecular flexibility index (Phi) is 6.72. The Morgan fingerprint density at radius 2 is 1.73 bits per heavy atom. The van der Waals surface area contributed by atoms with E-state index in [2.05, 4.69) is 0 Å². The summed E-state index contributed by atoms with van der Waals surface area (Å²) in [6, 6.07) is 18.6. The predicted octanol–water partition coefficient (Wildman–Crippen LogP) is 4.49. The van der Waals surface area contributed by atoms with Crippen LogP contribution in [0.3, 0.4) is 0 Å². The van der Waals surface area contributed by atoms with Crippen molar-refractivity contribution >= 4 is 17.4 Å². The van der Waals surface area contributed by atoms with Crippen molar-refractivity contribution in [1.29, 1.82) is 0 Å². The number of methoxy groups -OCH3 is 1. The van der Waals surface area contributed by atoms with Gasteiger partial charge in [0, 0.05) is 12.1 Å². The molecular formula is C29H27NO7. The van der Waals surface area contributed by atoms with Crippen LogP contribution in [-0.4, -0.2) is 48.6 Å². The molecule has 5 rings (SSSR count). The van der Waals surface area contributed by atoms with Crippen molar-refractivity contribution in [3.8, 4) is 23.0 Å². The summed E-state index contributed by atoms with van der Waals surface area (Å²) in [5, 5.41) is 11.4. The van der Waals surface area contributed by atoms with Crippen molar-refractivity contribution in [3.05, 3.63) is 89.0 Å². The SMILES string of the molecule is CCOc1cccc(CN2C(=O)C(=O)/C(=C(\O)c3ccc4c(c3)OCCO4)C2c2ccc(OC)cc2)c1. The highest BCUT2D eigenvalue weighted by molar-refractivity contribution is 6.46. The van der Waals surface area contributed by atoms with Gasteiger partial charge >= 0.3 is 0 Å². The molecule has 0 aliphatic carbocycles. The fraction of sp³-hybridized carbons (Fsp3) is 0.241. The van der Waals surface area contributed by atoms with Crippen LogP contribution in [0.25, 0.3) is 5.76 Å². The first-order valence-electron chi connectivity index (χ1n) is 12.0.